The molecule has 0 aromatic heterocycles. The maximum absolute atomic E-state index is 13.9. The van der Waals surface area contributed by atoms with Gasteiger partial charge in [0.2, 0.25) is 5.91 Å². The molecular weight excluding hydrogens is 548 g/mol. The van der Waals surface area contributed by atoms with Crippen molar-refractivity contribution in [3.63, 3.8) is 0 Å². The number of carbonyl (C=O) groups is 2. The third kappa shape index (κ3) is 5.86. The van der Waals surface area contributed by atoms with E-state index in [1.54, 1.807) is 4.90 Å². The van der Waals surface area contributed by atoms with Crippen LogP contribution in [-0.4, -0.2) is 65.8 Å². The van der Waals surface area contributed by atoms with Crippen molar-refractivity contribution < 1.29 is 35.9 Å². The summed E-state index contributed by atoms with van der Waals surface area (Å²) in [4.78, 5) is 32.4. The van der Waals surface area contributed by atoms with Crippen molar-refractivity contribution in [1.29, 1.82) is 0 Å². The molecule has 0 aliphatic carbocycles. The second-order valence-corrected chi connectivity index (χ2v) is 11.1. The Kier molecular flexibility index (Phi) is 7.69. The van der Waals surface area contributed by atoms with Crippen molar-refractivity contribution in [2.24, 2.45) is 5.41 Å². The van der Waals surface area contributed by atoms with Crippen LogP contribution in [0.3, 0.4) is 0 Å². The Morgan fingerprint density at radius 2 is 1.39 bits per heavy atom. The molecule has 0 radical (unpaired) electrons. The minimum atomic E-state index is -5.05. The summed E-state index contributed by atoms with van der Waals surface area (Å²) in [7, 11) is 0. The van der Waals surface area contributed by atoms with Crippen LogP contribution in [-0.2, 0) is 17.1 Å². The largest absolute Gasteiger partial charge is 0.416 e. The molecule has 41 heavy (non-hydrogen) atoms. The van der Waals surface area contributed by atoms with Gasteiger partial charge in [-0.05, 0) is 75.0 Å². The molecule has 1 spiro atoms. The molecule has 2 fully saturated rings. The van der Waals surface area contributed by atoms with Gasteiger partial charge in [-0.2, -0.15) is 26.3 Å². The average molecular weight is 580 g/mol. The summed E-state index contributed by atoms with van der Waals surface area (Å²) in [5.41, 5.74) is -1.92. The molecule has 5 rings (SSSR count). The number of aryl methyl sites for hydroxylation is 1. The van der Waals surface area contributed by atoms with Gasteiger partial charge in [0.25, 0.3) is 5.91 Å². The lowest BCUT2D eigenvalue weighted by Crippen LogP contribution is -2.48. The van der Waals surface area contributed by atoms with Gasteiger partial charge in [-0.25, -0.2) is 0 Å². The standard InChI is InChI=1S/C30H31F6N3O2/c1-20-4-6-21(7-5-20)25-19-39(15-14-37-10-2-3-11-37)27(41)28(25)8-12-38(13-9-28)26(40)22-16-23(29(31,32)33)18-24(17-22)30(34,35)36/h4-7,16-19H,2-3,8-15H2,1H3. The van der Waals surface area contributed by atoms with Gasteiger partial charge in [-0.1, -0.05) is 29.8 Å². The Morgan fingerprint density at radius 3 is 1.93 bits per heavy atom. The Morgan fingerprint density at radius 1 is 0.829 bits per heavy atom. The maximum Gasteiger partial charge on any atom is 0.416 e. The first-order chi connectivity index (χ1) is 19.3. The van der Waals surface area contributed by atoms with Gasteiger partial charge in [-0.3, -0.25) is 9.59 Å². The fourth-order valence-corrected chi connectivity index (χ4v) is 6.07. The van der Waals surface area contributed by atoms with E-state index in [2.05, 4.69) is 4.90 Å². The van der Waals surface area contributed by atoms with Crippen molar-refractivity contribution in [3.8, 4) is 0 Å². The molecule has 2 amide bonds. The summed E-state index contributed by atoms with van der Waals surface area (Å²) in [6, 6.07) is 8.71. The van der Waals surface area contributed by atoms with E-state index in [0.29, 0.717) is 18.7 Å². The third-order valence-electron chi connectivity index (χ3n) is 8.43. The number of amides is 2. The number of piperidine rings is 1. The summed E-state index contributed by atoms with van der Waals surface area (Å²) in [5, 5.41) is 0. The van der Waals surface area contributed by atoms with Gasteiger partial charge in [0, 0.05) is 37.9 Å². The van der Waals surface area contributed by atoms with Crippen LogP contribution in [0.2, 0.25) is 0 Å². The number of rotatable bonds is 5. The molecule has 3 aliphatic heterocycles. The Balaban J connectivity index is 1.39. The molecule has 0 N–H and O–H groups in total. The van der Waals surface area contributed by atoms with Crippen molar-refractivity contribution in [2.45, 2.75) is 45.0 Å². The molecule has 3 aliphatic rings. The van der Waals surface area contributed by atoms with Crippen LogP contribution in [0.4, 0.5) is 26.3 Å². The molecule has 220 valence electrons. The number of halogens is 6. The SMILES string of the molecule is Cc1ccc(C2=CN(CCN3CCCC3)C(=O)C23CCN(C(=O)c2cc(C(F)(F)F)cc(C(F)(F)F)c2)CC3)cc1. The molecule has 5 nitrogen and oxygen atoms in total. The van der Waals surface area contributed by atoms with E-state index >= 15 is 0 Å². The quantitative estimate of drug-likeness (QED) is 0.395. The van der Waals surface area contributed by atoms with Crippen molar-refractivity contribution in [1.82, 2.24) is 14.7 Å². The number of benzene rings is 2. The van der Waals surface area contributed by atoms with Crippen LogP contribution in [0.5, 0.6) is 0 Å². The van der Waals surface area contributed by atoms with Crippen LogP contribution in [0.1, 0.15) is 58.3 Å². The number of hydrogen-bond acceptors (Lipinski definition) is 3. The van der Waals surface area contributed by atoms with Gasteiger partial charge in [0.15, 0.2) is 0 Å². The molecule has 0 atom stereocenters. The van der Waals surface area contributed by atoms with Gasteiger partial charge in [0.1, 0.15) is 0 Å². The van der Waals surface area contributed by atoms with Gasteiger partial charge >= 0.3 is 12.4 Å². The molecule has 0 unspecified atom stereocenters. The van der Waals surface area contributed by atoms with E-state index in [9.17, 15) is 35.9 Å². The maximum atomic E-state index is 13.9. The highest BCUT2D eigenvalue weighted by atomic mass is 19.4. The molecule has 2 saturated heterocycles. The number of hydrogen-bond donors (Lipinski definition) is 0. The van der Waals surface area contributed by atoms with Crippen LogP contribution in [0, 0.1) is 12.3 Å². The zero-order chi connectivity index (χ0) is 29.6. The highest BCUT2D eigenvalue weighted by Gasteiger charge is 2.51. The first kappa shape index (κ1) is 29.2. The molecule has 3 heterocycles. The normalized spacial score (nSPS) is 19.8. The van der Waals surface area contributed by atoms with Crippen LogP contribution >= 0.6 is 0 Å². The van der Waals surface area contributed by atoms with Crippen molar-refractivity contribution >= 4 is 17.4 Å². The topological polar surface area (TPSA) is 43.9 Å². The fraction of sp³-hybridized carbons (Fsp3) is 0.467. The zero-order valence-corrected chi connectivity index (χ0v) is 22.6. The van der Waals surface area contributed by atoms with Crippen LogP contribution in [0.15, 0.2) is 48.7 Å². The van der Waals surface area contributed by atoms with E-state index in [1.165, 1.54) is 4.90 Å². The van der Waals surface area contributed by atoms with Gasteiger partial charge in [-0.15, -0.1) is 0 Å². The molecule has 0 saturated carbocycles. The molecular formula is C30H31F6N3O2. The minimum absolute atomic E-state index is 0.00848. The second-order valence-electron chi connectivity index (χ2n) is 11.1. The van der Waals surface area contributed by atoms with E-state index in [0.717, 1.165) is 49.2 Å². The van der Waals surface area contributed by atoms with Crippen molar-refractivity contribution in [3.05, 3.63) is 76.5 Å². The molecule has 0 bridgehead atoms. The van der Waals surface area contributed by atoms with E-state index in [4.69, 9.17) is 0 Å². The highest BCUT2D eigenvalue weighted by molar-refractivity contribution is 6.02. The summed E-state index contributed by atoms with van der Waals surface area (Å²) in [5.74, 6) is -1.01. The third-order valence-corrected chi connectivity index (χ3v) is 8.43. The lowest BCUT2D eigenvalue weighted by Gasteiger charge is -2.40. The summed E-state index contributed by atoms with van der Waals surface area (Å²) in [6.07, 6.45) is -5.55. The van der Waals surface area contributed by atoms with Crippen LogP contribution in [0.25, 0.3) is 5.57 Å². The lowest BCUT2D eigenvalue weighted by molar-refractivity contribution is -0.143. The van der Waals surface area contributed by atoms with Gasteiger partial charge in [0.05, 0.1) is 16.5 Å². The van der Waals surface area contributed by atoms with E-state index in [-0.39, 0.29) is 37.9 Å². The first-order valence-corrected chi connectivity index (χ1v) is 13.7. The Bertz CT molecular complexity index is 1300. The average Bonchev–Trinajstić information content (AvgIpc) is 3.54. The van der Waals surface area contributed by atoms with E-state index in [1.807, 2.05) is 37.4 Å². The predicted octanol–water partition coefficient (Wildman–Crippen LogP) is 6.23. The lowest BCUT2D eigenvalue weighted by atomic mass is 9.71. The predicted molar refractivity (Wildman–Crippen MR) is 141 cm³/mol. The number of carbonyl (C=O) groups excluding carboxylic acids is 2. The zero-order valence-electron chi connectivity index (χ0n) is 22.6. The molecule has 2 aromatic rings. The molecule has 2 aromatic carbocycles. The highest BCUT2D eigenvalue weighted by Crippen LogP contribution is 2.50. The molecule has 11 heteroatoms. The first-order valence-electron chi connectivity index (χ1n) is 13.7. The number of nitrogens with zero attached hydrogens (tertiary/aromatic N) is 3. The summed E-state index contributed by atoms with van der Waals surface area (Å²) < 4.78 is 80.2. The minimum Gasteiger partial charge on any atom is -0.339 e. The monoisotopic (exact) mass is 579 g/mol. The van der Waals surface area contributed by atoms with Gasteiger partial charge < -0.3 is 14.7 Å². The van der Waals surface area contributed by atoms with Crippen LogP contribution < -0.4 is 0 Å². The smallest absolute Gasteiger partial charge is 0.339 e. The number of alkyl halides is 6. The number of likely N-dealkylation sites (tertiary alicyclic amines) is 2. The second kappa shape index (κ2) is 10.8. The Labute approximate surface area is 234 Å². The van der Waals surface area contributed by atoms with E-state index < -0.39 is 40.4 Å². The fourth-order valence-electron chi connectivity index (χ4n) is 6.07. The summed E-state index contributed by atoms with van der Waals surface area (Å²) in [6.45, 7) is 5.23. The van der Waals surface area contributed by atoms with Crippen molar-refractivity contribution in [2.75, 3.05) is 39.3 Å². The summed E-state index contributed by atoms with van der Waals surface area (Å²) >= 11 is 0. The Hall–Kier alpha value is -3.34.